The molecule has 1 aromatic carbocycles. The molecule has 0 atom stereocenters. The fraction of sp³-hybridized carbons (Fsp3) is 0.471. The molecule has 2 aliphatic rings. The van der Waals surface area contributed by atoms with Gasteiger partial charge in [0, 0.05) is 30.2 Å². The van der Waals surface area contributed by atoms with E-state index in [1.807, 2.05) is 26.0 Å². The Morgan fingerprint density at radius 1 is 1.17 bits per heavy atom. The first-order chi connectivity index (χ1) is 10.8. The maximum atomic E-state index is 12.8. The van der Waals surface area contributed by atoms with Crippen molar-refractivity contribution in [3.05, 3.63) is 39.1 Å². The minimum Gasteiger partial charge on any atom is -0.509 e. The SMILES string of the molecule is Cc1cc(Br)c(C2=C(O)C3(CCN(O)CC3)N(C)C2=O)cc1C. The molecule has 0 radical (unpaired) electrons. The number of amides is 1. The van der Waals surface area contributed by atoms with Crippen LogP contribution in [-0.4, -0.2) is 51.9 Å². The molecular formula is C17H21BrN2O3. The Kier molecular flexibility index (Phi) is 4.02. The molecule has 2 heterocycles. The third-order valence-corrected chi connectivity index (χ3v) is 5.91. The zero-order chi connectivity index (χ0) is 16.9. The number of aryl methyl sites for hydroxylation is 2. The minimum atomic E-state index is -0.704. The Labute approximate surface area is 144 Å². The van der Waals surface area contributed by atoms with E-state index in [2.05, 4.69) is 15.9 Å². The van der Waals surface area contributed by atoms with Crippen LogP contribution in [-0.2, 0) is 4.79 Å². The van der Waals surface area contributed by atoms with Crippen LogP contribution >= 0.6 is 15.9 Å². The topological polar surface area (TPSA) is 64.0 Å². The summed E-state index contributed by atoms with van der Waals surface area (Å²) in [5.74, 6) is -0.0418. The van der Waals surface area contributed by atoms with Gasteiger partial charge in [0.1, 0.15) is 11.3 Å². The summed E-state index contributed by atoms with van der Waals surface area (Å²) >= 11 is 3.52. The molecular weight excluding hydrogens is 360 g/mol. The van der Waals surface area contributed by atoms with Gasteiger partial charge in [-0.1, -0.05) is 15.9 Å². The van der Waals surface area contributed by atoms with Crippen molar-refractivity contribution < 1.29 is 15.1 Å². The lowest BCUT2D eigenvalue weighted by Crippen LogP contribution is -2.53. The van der Waals surface area contributed by atoms with Crippen molar-refractivity contribution in [2.75, 3.05) is 20.1 Å². The van der Waals surface area contributed by atoms with E-state index in [1.54, 1.807) is 11.9 Å². The maximum absolute atomic E-state index is 12.8. The molecule has 5 nitrogen and oxygen atoms in total. The van der Waals surface area contributed by atoms with E-state index in [9.17, 15) is 15.1 Å². The Morgan fingerprint density at radius 2 is 1.74 bits per heavy atom. The largest absolute Gasteiger partial charge is 0.509 e. The van der Waals surface area contributed by atoms with Gasteiger partial charge in [-0.15, -0.1) is 0 Å². The third kappa shape index (κ3) is 2.40. The number of rotatable bonds is 1. The van der Waals surface area contributed by atoms with Crippen LogP contribution in [0.25, 0.3) is 5.57 Å². The van der Waals surface area contributed by atoms with Crippen LogP contribution in [0.3, 0.4) is 0 Å². The highest BCUT2D eigenvalue weighted by Gasteiger charge is 2.52. The zero-order valence-electron chi connectivity index (χ0n) is 13.6. The number of aliphatic hydroxyl groups is 1. The molecule has 1 aromatic rings. The molecule has 0 aliphatic carbocycles. The van der Waals surface area contributed by atoms with Gasteiger partial charge in [0.15, 0.2) is 0 Å². The number of halogens is 1. The third-order valence-electron chi connectivity index (χ3n) is 5.26. The summed E-state index contributed by atoms with van der Waals surface area (Å²) in [7, 11) is 1.73. The number of benzene rings is 1. The molecule has 3 rings (SSSR count). The van der Waals surface area contributed by atoms with E-state index >= 15 is 0 Å². The molecule has 1 spiro atoms. The Hall–Kier alpha value is -1.37. The second-order valence-corrected chi connectivity index (χ2v) is 7.34. The summed E-state index contributed by atoms with van der Waals surface area (Å²) in [6, 6.07) is 3.91. The lowest BCUT2D eigenvalue weighted by atomic mass is 9.85. The minimum absolute atomic E-state index is 0.127. The van der Waals surface area contributed by atoms with Crippen LogP contribution in [0.15, 0.2) is 22.4 Å². The van der Waals surface area contributed by atoms with Crippen LogP contribution in [0.4, 0.5) is 0 Å². The highest BCUT2D eigenvalue weighted by atomic mass is 79.9. The van der Waals surface area contributed by atoms with E-state index in [4.69, 9.17) is 0 Å². The molecule has 1 amide bonds. The number of hydroxylamine groups is 2. The molecule has 23 heavy (non-hydrogen) atoms. The molecule has 2 aliphatic heterocycles. The molecule has 0 bridgehead atoms. The Bertz CT molecular complexity index is 706. The van der Waals surface area contributed by atoms with Crippen LogP contribution in [0.1, 0.15) is 29.5 Å². The molecule has 2 N–H and O–H groups in total. The highest BCUT2D eigenvalue weighted by molar-refractivity contribution is 9.10. The standard InChI is InChI=1S/C17H21BrN2O3/c1-10-8-12(13(18)9-11(10)2)14-15(21)17(19(3)16(14)22)4-6-20(23)7-5-17/h8-9,21,23H,4-7H2,1-3H3. The molecule has 0 unspecified atom stereocenters. The van der Waals surface area contributed by atoms with E-state index in [0.717, 1.165) is 21.2 Å². The molecule has 1 fully saturated rings. The maximum Gasteiger partial charge on any atom is 0.258 e. The van der Waals surface area contributed by atoms with Gasteiger partial charge in [-0.25, -0.2) is 0 Å². The van der Waals surface area contributed by atoms with Crippen molar-refractivity contribution in [2.24, 2.45) is 0 Å². The molecule has 6 heteroatoms. The smallest absolute Gasteiger partial charge is 0.258 e. The second kappa shape index (κ2) is 5.61. The predicted octanol–water partition coefficient (Wildman–Crippen LogP) is 3.03. The van der Waals surface area contributed by atoms with Crippen LogP contribution in [0.2, 0.25) is 0 Å². The molecule has 124 valence electrons. The molecule has 0 aromatic heterocycles. The number of likely N-dealkylation sites (N-methyl/N-ethyl adjacent to an activating group) is 1. The van der Waals surface area contributed by atoms with E-state index in [0.29, 0.717) is 31.5 Å². The number of hydrogen-bond acceptors (Lipinski definition) is 4. The zero-order valence-corrected chi connectivity index (χ0v) is 15.1. The average Bonchev–Trinajstić information content (AvgIpc) is 2.68. The lowest BCUT2D eigenvalue weighted by molar-refractivity contribution is -0.141. The number of piperidine rings is 1. The summed E-state index contributed by atoms with van der Waals surface area (Å²) < 4.78 is 0.806. The lowest BCUT2D eigenvalue weighted by Gasteiger charge is -2.41. The number of nitrogens with zero attached hydrogens (tertiary/aromatic N) is 2. The van der Waals surface area contributed by atoms with Gasteiger partial charge < -0.3 is 15.2 Å². The quantitative estimate of drug-likeness (QED) is 0.785. The summed E-state index contributed by atoms with van der Waals surface area (Å²) in [5.41, 5.74) is 2.59. The second-order valence-electron chi connectivity index (χ2n) is 6.49. The van der Waals surface area contributed by atoms with Crippen molar-refractivity contribution in [2.45, 2.75) is 32.2 Å². The van der Waals surface area contributed by atoms with Gasteiger partial charge in [0.2, 0.25) is 0 Å². The monoisotopic (exact) mass is 380 g/mol. The van der Waals surface area contributed by atoms with E-state index in [-0.39, 0.29) is 11.7 Å². The van der Waals surface area contributed by atoms with Crippen molar-refractivity contribution >= 4 is 27.4 Å². The van der Waals surface area contributed by atoms with Crippen molar-refractivity contribution in [1.82, 2.24) is 9.96 Å². The Balaban J connectivity index is 2.13. The summed E-state index contributed by atoms with van der Waals surface area (Å²) in [6.07, 6.45) is 1.03. The first-order valence-corrected chi connectivity index (χ1v) is 8.50. The average molecular weight is 381 g/mol. The van der Waals surface area contributed by atoms with Crippen LogP contribution in [0.5, 0.6) is 0 Å². The molecule has 0 saturated carbocycles. The predicted molar refractivity (Wildman–Crippen MR) is 91.3 cm³/mol. The van der Waals surface area contributed by atoms with Crippen molar-refractivity contribution in [1.29, 1.82) is 0 Å². The van der Waals surface area contributed by atoms with Gasteiger partial charge in [0.25, 0.3) is 5.91 Å². The van der Waals surface area contributed by atoms with Gasteiger partial charge in [-0.05, 0) is 49.9 Å². The normalized spacial score (nSPS) is 21.6. The first-order valence-electron chi connectivity index (χ1n) is 7.71. The van der Waals surface area contributed by atoms with E-state index < -0.39 is 5.54 Å². The highest BCUT2D eigenvalue weighted by Crippen LogP contribution is 2.45. The van der Waals surface area contributed by atoms with Crippen LogP contribution < -0.4 is 0 Å². The van der Waals surface area contributed by atoms with Crippen molar-refractivity contribution in [3.63, 3.8) is 0 Å². The summed E-state index contributed by atoms with van der Waals surface area (Å²) in [6.45, 7) is 4.87. The molecule has 1 saturated heterocycles. The fourth-order valence-corrected chi connectivity index (χ4v) is 4.16. The number of carbonyl (C=O) groups is 1. The van der Waals surface area contributed by atoms with Crippen LogP contribution in [0, 0.1) is 13.8 Å². The fourth-order valence-electron chi connectivity index (χ4n) is 3.51. The summed E-state index contributed by atoms with van der Waals surface area (Å²) in [4.78, 5) is 14.5. The Morgan fingerprint density at radius 3 is 2.35 bits per heavy atom. The van der Waals surface area contributed by atoms with Gasteiger partial charge in [-0.3, -0.25) is 4.79 Å². The number of hydrogen-bond donors (Lipinski definition) is 2. The summed E-state index contributed by atoms with van der Waals surface area (Å²) in [5, 5.41) is 21.8. The number of aliphatic hydroxyl groups excluding tert-OH is 1. The van der Waals surface area contributed by atoms with Gasteiger partial charge >= 0.3 is 0 Å². The van der Waals surface area contributed by atoms with Gasteiger partial charge in [-0.2, -0.15) is 5.06 Å². The number of carbonyl (C=O) groups excluding carboxylic acids is 1. The van der Waals surface area contributed by atoms with Gasteiger partial charge in [0.05, 0.1) is 5.57 Å². The first kappa shape index (κ1) is 16.5. The van der Waals surface area contributed by atoms with E-state index in [1.165, 1.54) is 5.06 Å². The van der Waals surface area contributed by atoms with Crippen molar-refractivity contribution in [3.8, 4) is 0 Å².